The summed E-state index contributed by atoms with van der Waals surface area (Å²) in [5.41, 5.74) is 7.56. The molecular weight excluding hydrogens is 244 g/mol. The average Bonchev–Trinajstić information content (AvgIpc) is 3.28. The first kappa shape index (κ1) is 15.5. The maximum absolute atomic E-state index is 6.14. The van der Waals surface area contributed by atoms with Gasteiger partial charge in [-0.1, -0.05) is 51.1 Å². The van der Waals surface area contributed by atoms with Crippen LogP contribution in [0.15, 0.2) is 30.3 Å². The fourth-order valence-electron chi connectivity index (χ4n) is 3.04. The highest BCUT2D eigenvalue weighted by Crippen LogP contribution is 2.33. The summed E-state index contributed by atoms with van der Waals surface area (Å²) in [6.07, 6.45) is 3.99. The standard InChI is InChI=1S/C18H30N2/c1-14(2)11-12-20(17-9-10-17)18(13-19)15(3)16-7-5-4-6-8-16/h4-8,14-15,17-18H,9-13,19H2,1-3H3. The van der Waals surface area contributed by atoms with Gasteiger partial charge in [0.25, 0.3) is 0 Å². The van der Waals surface area contributed by atoms with E-state index in [1.165, 1.54) is 31.4 Å². The van der Waals surface area contributed by atoms with Crippen LogP contribution in [0.2, 0.25) is 0 Å². The first-order valence-corrected chi connectivity index (χ1v) is 8.14. The van der Waals surface area contributed by atoms with Gasteiger partial charge in [0.05, 0.1) is 0 Å². The van der Waals surface area contributed by atoms with Gasteiger partial charge in [-0.3, -0.25) is 4.90 Å². The highest BCUT2D eigenvalue weighted by molar-refractivity contribution is 5.21. The minimum atomic E-state index is 0.476. The number of benzene rings is 1. The van der Waals surface area contributed by atoms with E-state index >= 15 is 0 Å². The third kappa shape index (κ3) is 4.07. The van der Waals surface area contributed by atoms with Crippen LogP contribution in [-0.2, 0) is 0 Å². The summed E-state index contributed by atoms with van der Waals surface area (Å²) in [6.45, 7) is 8.90. The quantitative estimate of drug-likeness (QED) is 0.784. The number of hydrogen-bond acceptors (Lipinski definition) is 2. The molecule has 0 aliphatic heterocycles. The van der Waals surface area contributed by atoms with E-state index in [1.807, 2.05) is 0 Å². The van der Waals surface area contributed by atoms with Gasteiger partial charge in [-0.05, 0) is 43.2 Å². The van der Waals surface area contributed by atoms with E-state index in [1.54, 1.807) is 0 Å². The molecule has 0 spiro atoms. The molecule has 1 aromatic carbocycles. The molecule has 2 atom stereocenters. The van der Waals surface area contributed by atoms with Crippen molar-refractivity contribution in [2.24, 2.45) is 11.7 Å². The number of nitrogens with zero attached hydrogens (tertiary/aromatic N) is 1. The zero-order chi connectivity index (χ0) is 14.5. The number of nitrogens with two attached hydrogens (primary N) is 1. The highest BCUT2D eigenvalue weighted by Gasteiger charge is 2.35. The highest BCUT2D eigenvalue weighted by atomic mass is 15.2. The lowest BCUT2D eigenvalue weighted by atomic mass is 9.91. The normalized spacial score (nSPS) is 18.5. The predicted molar refractivity (Wildman–Crippen MR) is 86.9 cm³/mol. The molecular formula is C18H30N2. The topological polar surface area (TPSA) is 29.3 Å². The molecule has 2 rings (SSSR count). The molecule has 1 aliphatic rings. The summed E-state index contributed by atoms with van der Waals surface area (Å²) >= 11 is 0. The van der Waals surface area contributed by atoms with Gasteiger partial charge < -0.3 is 5.73 Å². The Kier molecular flexibility index (Phi) is 5.62. The molecule has 0 saturated heterocycles. The van der Waals surface area contributed by atoms with Gasteiger partial charge in [0, 0.05) is 18.6 Å². The third-order valence-corrected chi connectivity index (χ3v) is 4.55. The Morgan fingerprint density at radius 1 is 1.15 bits per heavy atom. The lowest BCUT2D eigenvalue weighted by molar-refractivity contribution is 0.160. The Labute approximate surface area is 124 Å². The maximum atomic E-state index is 6.14. The second-order valence-electron chi connectivity index (χ2n) is 6.65. The van der Waals surface area contributed by atoms with Crippen LogP contribution in [0, 0.1) is 5.92 Å². The summed E-state index contributed by atoms with van der Waals surface area (Å²) in [5.74, 6) is 1.27. The van der Waals surface area contributed by atoms with Crippen LogP contribution in [0.3, 0.4) is 0 Å². The van der Waals surface area contributed by atoms with Gasteiger partial charge >= 0.3 is 0 Å². The van der Waals surface area contributed by atoms with Crippen molar-refractivity contribution in [1.29, 1.82) is 0 Å². The first-order valence-electron chi connectivity index (χ1n) is 8.14. The average molecular weight is 274 g/mol. The summed E-state index contributed by atoms with van der Waals surface area (Å²) in [6, 6.07) is 12.1. The third-order valence-electron chi connectivity index (χ3n) is 4.55. The van der Waals surface area contributed by atoms with Crippen molar-refractivity contribution in [2.75, 3.05) is 13.1 Å². The maximum Gasteiger partial charge on any atom is 0.0287 e. The first-order chi connectivity index (χ1) is 9.63. The molecule has 1 saturated carbocycles. The van der Waals surface area contributed by atoms with Crippen LogP contribution in [-0.4, -0.2) is 30.1 Å². The molecule has 1 fully saturated rings. The van der Waals surface area contributed by atoms with Crippen molar-refractivity contribution < 1.29 is 0 Å². The molecule has 0 amide bonds. The van der Waals surface area contributed by atoms with Gasteiger partial charge in [0.1, 0.15) is 0 Å². The van der Waals surface area contributed by atoms with Crippen LogP contribution >= 0.6 is 0 Å². The van der Waals surface area contributed by atoms with Crippen molar-refractivity contribution in [2.45, 2.75) is 58.0 Å². The molecule has 2 nitrogen and oxygen atoms in total. The van der Waals surface area contributed by atoms with Crippen molar-refractivity contribution in [3.8, 4) is 0 Å². The fraction of sp³-hybridized carbons (Fsp3) is 0.667. The van der Waals surface area contributed by atoms with Crippen LogP contribution in [0.5, 0.6) is 0 Å². The van der Waals surface area contributed by atoms with E-state index < -0.39 is 0 Å². The molecule has 2 unspecified atom stereocenters. The zero-order valence-electron chi connectivity index (χ0n) is 13.3. The number of hydrogen-bond donors (Lipinski definition) is 1. The molecule has 0 radical (unpaired) electrons. The molecule has 0 aromatic heterocycles. The summed E-state index contributed by atoms with van der Waals surface area (Å²) < 4.78 is 0. The van der Waals surface area contributed by atoms with Crippen molar-refractivity contribution in [1.82, 2.24) is 4.90 Å². The molecule has 2 N–H and O–H groups in total. The fourth-order valence-corrected chi connectivity index (χ4v) is 3.04. The Hall–Kier alpha value is -0.860. The number of rotatable bonds is 8. The van der Waals surface area contributed by atoms with Crippen LogP contribution in [0.25, 0.3) is 0 Å². The second-order valence-corrected chi connectivity index (χ2v) is 6.65. The SMILES string of the molecule is CC(C)CCN(C1CC1)C(CN)C(C)c1ccccc1. The van der Waals surface area contributed by atoms with Crippen LogP contribution in [0.1, 0.15) is 51.5 Å². The van der Waals surface area contributed by atoms with E-state index in [0.717, 1.165) is 18.5 Å². The minimum Gasteiger partial charge on any atom is -0.329 e. The molecule has 2 heteroatoms. The molecule has 1 aliphatic carbocycles. The Balaban J connectivity index is 2.07. The van der Waals surface area contributed by atoms with Crippen molar-refractivity contribution >= 4 is 0 Å². The minimum absolute atomic E-state index is 0.476. The summed E-state index contributed by atoms with van der Waals surface area (Å²) in [5, 5.41) is 0. The zero-order valence-corrected chi connectivity index (χ0v) is 13.3. The van der Waals surface area contributed by atoms with Gasteiger partial charge in [-0.2, -0.15) is 0 Å². The monoisotopic (exact) mass is 274 g/mol. The Morgan fingerprint density at radius 2 is 1.80 bits per heavy atom. The lowest BCUT2D eigenvalue weighted by Gasteiger charge is -2.36. The Morgan fingerprint density at radius 3 is 2.30 bits per heavy atom. The van der Waals surface area contributed by atoms with Crippen molar-refractivity contribution in [3.63, 3.8) is 0 Å². The largest absolute Gasteiger partial charge is 0.329 e. The molecule has 1 aromatic rings. The van der Waals surface area contributed by atoms with Crippen LogP contribution in [0.4, 0.5) is 0 Å². The molecule has 112 valence electrons. The van der Waals surface area contributed by atoms with E-state index in [-0.39, 0.29) is 0 Å². The van der Waals surface area contributed by atoms with Crippen LogP contribution < -0.4 is 5.73 Å². The lowest BCUT2D eigenvalue weighted by Crippen LogP contribution is -2.46. The molecule has 20 heavy (non-hydrogen) atoms. The summed E-state index contributed by atoms with van der Waals surface area (Å²) in [7, 11) is 0. The van der Waals surface area contributed by atoms with Gasteiger partial charge in [-0.25, -0.2) is 0 Å². The van der Waals surface area contributed by atoms with Gasteiger partial charge in [-0.15, -0.1) is 0 Å². The molecule has 0 bridgehead atoms. The smallest absolute Gasteiger partial charge is 0.0287 e. The van der Waals surface area contributed by atoms with Gasteiger partial charge in [0.15, 0.2) is 0 Å². The van der Waals surface area contributed by atoms with E-state index in [2.05, 4.69) is 56.0 Å². The van der Waals surface area contributed by atoms with E-state index in [0.29, 0.717) is 12.0 Å². The summed E-state index contributed by atoms with van der Waals surface area (Å²) in [4.78, 5) is 2.69. The predicted octanol–water partition coefficient (Wildman–Crippen LogP) is 3.63. The second kappa shape index (κ2) is 7.24. The Bertz CT molecular complexity index is 384. The van der Waals surface area contributed by atoms with E-state index in [4.69, 9.17) is 5.73 Å². The van der Waals surface area contributed by atoms with E-state index in [9.17, 15) is 0 Å². The molecule has 0 heterocycles. The van der Waals surface area contributed by atoms with Crippen molar-refractivity contribution in [3.05, 3.63) is 35.9 Å². The van der Waals surface area contributed by atoms with Gasteiger partial charge in [0.2, 0.25) is 0 Å².